The number of anilines is 1. The topological polar surface area (TPSA) is 285 Å². The van der Waals surface area contributed by atoms with Gasteiger partial charge in [0.15, 0.2) is 17.2 Å². The summed E-state index contributed by atoms with van der Waals surface area (Å²) in [6.45, 7) is 3.73. The molecule has 3 heterocycles. The van der Waals surface area contributed by atoms with Crippen LogP contribution in [-0.2, 0) is 37.3 Å². The van der Waals surface area contributed by atoms with E-state index in [1.165, 1.54) is 31.7 Å². The van der Waals surface area contributed by atoms with Crippen molar-refractivity contribution < 1.29 is 61.4 Å². The van der Waals surface area contributed by atoms with Crippen LogP contribution in [0.15, 0.2) is 12.7 Å². The van der Waals surface area contributed by atoms with E-state index in [9.17, 15) is 38.6 Å². The molecule has 3 rings (SSSR count). The summed E-state index contributed by atoms with van der Waals surface area (Å²) in [6, 6.07) is 0. The lowest BCUT2D eigenvalue weighted by Gasteiger charge is -2.42. The Hall–Kier alpha value is -1.36. The summed E-state index contributed by atoms with van der Waals surface area (Å²) in [5.41, 5.74) is -2.38. The number of aromatic nitrogens is 4. The lowest BCUT2D eigenvalue weighted by atomic mass is 9.73. The highest BCUT2D eigenvalue weighted by atomic mass is 31.3. The number of nitrogens with two attached hydrogens (primary N) is 1. The maximum atomic E-state index is 12.1. The molecule has 6 N–H and O–H groups in total. The summed E-state index contributed by atoms with van der Waals surface area (Å²) in [4.78, 5) is 52.2. The molecule has 0 amide bonds. The van der Waals surface area contributed by atoms with Crippen molar-refractivity contribution in [1.82, 2.24) is 19.5 Å². The highest BCUT2D eigenvalue weighted by Gasteiger charge is 2.73. The molecule has 1 saturated heterocycles. The van der Waals surface area contributed by atoms with Gasteiger partial charge in [0.1, 0.15) is 28.6 Å². The third kappa shape index (κ3) is 4.83. The second-order valence-corrected chi connectivity index (χ2v) is 12.7. The van der Waals surface area contributed by atoms with Crippen molar-refractivity contribution in [3.8, 4) is 0 Å². The van der Waals surface area contributed by atoms with Gasteiger partial charge in [0, 0.05) is 0 Å². The Bertz CT molecular complexity index is 1290. The van der Waals surface area contributed by atoms with Crippen LogP contribution in [-0.4, -0.2) is 62.9 Å². The molecule has 4 unspecified atom stereocenters. The van der Waals surface area contributed by atoms with Crippen LogP contribution in [0.4, 0.5) is 5.82 Å². The molecule has 0 bridgehead atoms. The van der Waals surface area contributed by atoms with Crippen molar-refractivity contribution in [3.05, 3.63) is 12.7 Å². The predicted molar refractivity (Wildman–Crippen MR) is 110 cm³/mol. The minimum atomic E-state index is -6.08. The number of imidazole rings is 1. The number of aliphatic hydroxyl groups is 2. The smallest absolute Gasteiger partial charge is 0.478 e. The second kappa shape index (κ2) is 8.33. The van der Waals surface area contributed by atoms with Gasteiger partial charge in [-0.3, -0.25) is 18.2 Å². The lowest BCUT2D eigenvalue weighted by molar-refractivity contribution is -0.236. The van der Waals surface area contributed by atoms with Crippen LogP contribution in [0.3, 0.4) is 0 Å². The van der Waals surface area contributed by atoms with Crippen LogP contribution < -0.4 is 15.5 Å². The van der Waals surface area contributed by atoms with Gasteiger partial charge in [-0.1, -0.05) is 0 Å². The van der Waals surface area contributed by atoms with Gasteiger partial charge in [-0.05, 0) is 27.7 Å². The van der Waals surface area contributed by atoms with Gasteiger partial charge in [0.2, 0.25) is 0 Å². The monoisotopic (exact) mass is 561 g/mol. The number of hydrogen-bond donors (Lipinski definition) is 5. The molecular weight excluding hydrogens is 539 g/mol. The molecule has 2 aromatic heterocycles. The zero-order valence-corrected chi connectivity index (χ0v) is 21.2. The molecule has 18 nitrogen and oxygen atoms in total. The summed E-state index contributed by atoms with van der Waals surface area (Å²) in [7, 11) is -17.6. The van der Waals surface area contributed by atoms with Gasteiger partial charge in [-0.25, -0.2) is 28.1 Å². The Balaban J connectivity index is 1.94. The van der Waals surface area contributed by atoms with E-state index in [-0.39, 0.29) is 17.0 Å². The molecule has 0 aromatic carbocycles. The molecule has 1 fully saturated rings. The van der Waals surface area contributed by atoms with Crippen molar-refractivity contribution in [3.63, 3.8) is 0 Å². The maximum Gasteiger partial charge on any atom is 0.478 e. The van der Waals surface area contributed by atoms with Crippen LogP contribution >= 0.6 is 23.5 Å². The Morgan fingerprint density at radius 1 is 1.06 bits per heavy atom. The Morgan fingerprint density at radius 2 is 1.66 bits per heavy atom. The van der Waals surface area contributed by atoms with E-state index in [0.717, 1.165) is 13.3 Å². The number of ether oxygens (including phenoxy) is 1. The third-order valence-corrected chi connectivity index (χ3v) is 9.74. The minimum Gasteiger partial charge on any atom is -0.756 e. The fraction of sp³-hybridized carbons (Fsp3) is 0.643. The molecule has 2 aromatic rings. The molecule has 0 saturated carbocycles. The van der Waals surface area contributed by atoms with Gasteiger partial charge in [0.05, 0.1) is 12.9 Å². The molecule has 0 aliphatic carbocycles. The molecule has 0 spiro atoms. The molecule has 21 heteroatoms. The fourth-order valence-electron chi connectivity index (χ4n) is 3.72. The molecular formula is C14H22N5O13P3-2. The second-order valence-electron chi connectivity index (χ2n) is 8.33. The number of phosphoric ester groups is 1. The van der Waals surface area contributed by atoms with E-state index in [4.69, 9.17) is 15.4 Å². The quantitative estimate of drug-likeness (QED) is 0.228. The van der Waals surface area contributed by atoms with Crippen molar-refractivity contribution in [2.24, 2.45) is 0 Å². The first-order chi connectivity index (χ1) is 15.6. The summed E-state index contributed by atoms with van der Waals surface area (Å²) in [5, 5.41) is 22.7. The number of phosphoric acid groups is 3. The van der Waals surface area contributed by atoms with Crippen LogP contribution in [0.5, 0.6) is 0 Å². The first-order valence-corrected chi connectivity index (χ1v) is 13.9. The highest BCUT2D eigenvalue weighted by molar-refractivity contribution is 7.65. The molecule has 0 radical (unpaired) electrons. The Labute approximate surface area is 197 Å². The average molecular weight is 561 g/mol. The van der Waals surface area contributed by atoms with Crippen molar-refractivity contribution in [2.75, 3.05) is 12.3 Å². The zero-order valence-electron chi connectivity index (χ0n) is 18.5. The van der Waals surface area contributed by atoms with E-state index in [2.05, 4.69) is 28.1 Å². The average Bonchev–Trinajstić information content (AvgIpc) is 3.12. The largest absolute Gasteiger partial charge is 0.756 e. The molecule has 35 heavy (non-hydrogen) atoms. The maximum absolute atomic E-state index is 12.1. The number of rotatable bonds is 8. The predicted octanol–water partition coefficient (Wildman–Crippen LogP) is -1.55. The normalized spacial score (nSPS) is 36.5. The van der Waals surface area contributed by atoms with Gasteiger partial charge in [-0.15, -0.1) is 0 Å². The van der Waals surface area contributed by atoms with Gasteiger partial charge in [-0.2, -0.15) is 0 Å². The van der Waals surface area contributed by atoms with Crippen molar-refractivity contribution in [1.29, 1.82) is 0 Å². The molecule has 198 valence electrons. The van der Waals surface area contributed by atoms with Crippen LogP contribution in [0, 0.1) is 0 Å². The minimum absolute atomic E-state index is 0.0148. The zero-order chi connectivity index (χ0) is 26.9. The first-order valence-electron chi connectivity index (χ1n) is 9.41. The summed E-state index contributed by atoms with van der Waals surface area (Å²) in [6.07, 6.45) is 2.33. The van der Waals surface area contributed by atoms with Crippen LogP contribution in [0.25, 0.3) is 11.2 Å². The van der Waals surface area contributed by atoms with Gasteiger partial charge in [0.25, 0.3) is 15.6 Å². The standard InChI is InChI=1S/C14H24N5O13P3/c1-11(5-29-34(25,26)32-35(27,28)31-33(22,23)24)12(2,20)13(3,21)14(4,30-11)19-7-18-8-9(15)16-6-17-10(8)19/h6-7,20-21H,5H2,1-4H3,(H,25,26)(H,27,28)(H2,15,16,17)(H2,22,23,24)/p-2/t11-,12+,13?,14-/m1/s1. The van der Waals surface area contributed by atoms with E-state index >= 15 is 0 Å². The fourth-order valence-corrected chi connectivity index (χ4v) is 6.73. The van der Waals surface area contributed by atoms with E-state index < -0.39 is 52.6 Å². The Kier molecular flexibility index (Phi) is 6.71. The lowest BCUT2D eigenvalue weighted by Crippen LogP contribution is -2.63. The Morgan fingerprint density at radius 3 is 2.23 bits per heavy atom. The van der Waals surface area contributed by atoms with E-state index in [1.54, 1.807) is 0 Å². The van der Waals surface area contributed by atoms with E-state index in [0.29, 0.717) is 0 Å². The third-order valence-electron chi connectivity index (χ3n) is 6.04. The number of hydrogen-bond acceptors (Lipinski definition) is 15. The summed E-state index contributed by atoms with van der Waals surface area (Å²) >= 11 is 0. The number of nitrogen functional groups attached to an aromatic ring is 1. The van der Waals surface area contributed by atoms with Crippen molar-refractivity contribution in [2.45, 2.75) is 50.2 Å². The number of fused-ring (bicyclic) bond motifs is 1. The van der Waals surface area contributed by atoms with Gasteiger partial charge < -0.3 is 40.3 Å². The van der Waals surface area contributed by atoms with Crippen LogP contribution in [0.2, 0.25) is 0 Å². The highest BCUT2D eigenvalue weighted by Crippen LogP contribution is 2.64. The molecule has 1 aliphatic heterocycles. The summed E-state index contributed by atoms with van der Waals surface area (Å²) < 4.78 is 52.9. The molecule has 1 aliphatic rings. The first kappa shape index (κ1) is 28.2. The molecule has 7 atom stereocenters. The van der Waals surface area contributed by atoms with Crippen molar-refractivity contribution >= 4 is 40.4 Å². The number of nitrogens with zero attached hydrogens (tertiary/aromatic N) is 4. The summed E-state index contributed by atoms with van der Waals surface area (Å²) in [5.74, 6) is 0.0148. The SMILES string of the molecule is CC1(O)[C@](C)(n2cnc3c(N)ncnc32)O[C@](C)(COP(=O)(O)OP(=O)([O-])OP(=O)([O-])O)[C@]1(C)O. The van der Waals surface area contributed by atoms with E-state index in [1.807, 2.05) is 0 Å². The van der Waals surface area contributed by atoms with Crippen LogP contribution in [0.1, 0.15) is 27.7 Å². The van der Waals surface area contributed by atoms with Gasteiger partial charge >= 0.3 is 7.82 Å².